The van der Waals surface area contributed by atoms with E-state index in [1.807, 2.05) is 12.4 Å². The van der Waals surface area contributed by atoms with Crippen molar-refractivity contribution in [1.82, 2.24) is 20.2 Å². The molecule has 0 aromatic carbocycles. The number of rotatable bonds is 3. The van der Waals surface area contributed by atoms with Gasteiger partial charge in [0.2, 0.25) is 11.9 Å². The van der Waals surface area contributed by atoms with Crippen LogP contribution in [-0.4, -0.2) is 66.2 Å². The Morgan fingerprint density at radius 2 is 1.92 bits per heavy atom. The highest BCUT2D eigenvalue weighted by atomic mass is 16.5. The van der Waals surface area contributed by atoms with Gasteiger partial charge in [0.25, 0.3) is 0 Å². The zero-order chi connectivity index (χ0) is 16.4. The molecule has 0 aliphatic carbocycles. The van der Waals surface area contributed by atoms with E-state index in [4.69, 9.17) is 4.74 Å². The molecule has 3 fully saturated rings. The van der Waals surface area contributed by atoms with E-state index in [0.717, 1.165) is 44.2 Å². The molecular weight excluding hydrogens is 306 g/mol. The van der Waals surface area contributed by atoms with Gasteiger partial charge in [-0.05, 0) is 19.3 Å². The smallest absolute Gasteiger partial charge is 0.227 e. The van der Waals surface area contributed by atoms with Crippen molar-refractivity contribution in [2.24, 2.45) is 5.92 Å². The molecule has 24 heavy (non-hydrogen) atoms. The first kappa shape index (κ1) is 15.8. The number of nitrogens with zero attached hydrogens (tertiary/aromatic N) is 4. The van der Waals surface area contributed by atoms with E-state index in [9.17, 15) is 4.79 Å². The molecule has 130 valence electrons. The fourth-order valence-corrected chi connectivity index (χ4v) is 3.79. The third-order valence-electron chi connectivity index (χ3n) is 5.05. The highest BCUT2D eigenvalue weighted by Gasteiger charge is 2.33. The van der Waals surface area contributed by atoms with Gasteiger partial charge in [-0.25, -0.2) is 9.97 Å². The predicted octanol–water partition coefficient (Wildman–Crippen LogP) is 0.414. The molecule has 7 heteroatoms. The largest absolute Gasteiger partial charge is 0.378 e. The number of aromatic nitrogens is 2. The van der Waals surface area contributed by atoms with Crippen LogP contribution in [0.15, 0.2) is 12.4 Å². The topological polar surface area (TPSA) is 70.6 Å². The molecule has 1 N–H and O–H groups in total. The maximum Gasteiger partial charge on any atom is 0.227 e. The van der Waals surface area contributed by atoms with Gasteiger partial charge in [-0.2, -0.15) is 0 Å². The van der Waals surface area contributed by atoms with Crippen molar-refractivity contribution in [3.8, 4) is 0 Å². The Morgan fingerprint density at radius 1 is 1.12 bits per heavy atom. The van der Waals surface area contributed by atoms with Crippen LogP contribution < -0.4 is 10.2 Å². The van der Waals surface area contributed by atoms with Crippen molar-refractivity contribution >= 4 is 11.9 Å². The van der Waals surface area contributed by atoms with Crippen molar-refractivity contribution in [3.05, 3.63) is 18.0 Å². The van der Waals surface area contributed by atoms with Gasteiger partial charge < -0.3 is 15.0 Å². The maximum atomic E-state index is 12.1. The van der Waals surface area contributed by atoms with Gasteiger partial charge in [0.1, 0.15) is 0 Å². The minimum Gasteiger partial charge on any atom is -0.378 e. The Bertz CT molecular complexity index is 573. The summed E-state index contributed by atoms with van der Waals surface area (Å²) in [6.07, 6.45) is 7.63. The molecule has 1 aromatic heterocycles. The number of fused-ring (bicyclic) bond motifs is 3. The van der Waals surface area contributed by atoms with Gasteiger partial charge in [0.05, 0.1) is 25.2 Å². The van der Waals surface area contributed by atoms with Gasteiger partial charge in [0.15, 0.2) is 0 Å². The number of piperidine rings is 1. The van der Waals surface area contributed by atoms with Crippen molar-refractivity contribution < 1.29 is 9.53 Å². The quantitative estimate of drug-likeness (QED) is 0.865. The summed E-state index contributed by atoms with van der Waals surface area (Å²) in [5, 5.41) is 3.07. The maximum absolute atomic E-state index is 12.1. The molecule has 2 bridgehead atoms. The zero-order valence-corrected chi connectivity index (χ0v) is 14.0. The molecule has 4 rings (SSSR count). The highest BCUT2D eigenvalue weighted by Crippen LogP contribution is 2.18. The average molecular weight is 331 g/mol. The lowest BCUT2D eigenvalue weighted by molar-refractivity contribution is -0.125. The van der Waals surface area contributed by atoms with Crippen LogP contribution in [0.3, 0.4) is 0 Å². The van der Waals surface area contributed by atoms with E-state index >= 15 is 0 Å². The molecule has 3 aliphatic rings. The van der Waals surface area contributed by atoms with Crippen LogP contribution in [0.4, 0.5) is 5.95 Å². The van der Waals surface area contributed by atoms with Crippen LogP contribution in [0.5, 0.6) is 0 Å². The van der Waals surface area contributed by atoms with Gasteiger partial charge in [-0.3, -0.25) is 9.69 Å². The molecule has 4 heterocycles. The minimum absolute atomic E-state index is 0.0777. The van der Waals surface area contributed by atoms with E-state index in [1.165, 1.54) is 19.3 Å². The molecule has 0 saturated carbocycles. The molecule has 1 aromatic rings. The first-order valence-corrected chi connectivity index (χ1v) is 8.94. The number of hydrogen-bond acceptors (Lipinski definition) is 6. The van der Waals surface area contributed by atoms with Crippen LogP contribution in [-0.2, 0) is 16.1 Å². The summed E-state index contributed by atoms with van der Waals surface area (Å²) in [6, 6.07) is 0.0820. The highest BCUT2D eigenvalue weighted by molar-refractivity contribution is 5.79. The van der Waals surface area contributed by atoms with Gasteiger partial charge in [-0.15, -0.1) is 0 Å². The molecule has 3 saturated heterocycles. The molecular formula is C17H25N5O2. The predicted molar refractivity (Wildman–Crippen MR) is 89.6 cm³/mol. The standard InChI is InChI=1S/C17H25N5O2/c23-16-14-9-21(10-15(20-16)12-24-11-14)8-13-6-18-17(19-7-13)22-4-2-1-3-5-22/h6-7,14-15H,1-5,8-12H2,(H,20,23)/t14-,15+/m1/s1. The number of amides is 1. The Hall–Kier alpha value is -1.73. The summed E-state index contributed by atoms with van der Waals surface area (Å²) >= 11 is 0. The molecule has 0 radical (unpaired) electrons. The number of carbonyl (C=O) groups is 1. The SMILES string of the molecule is O=C1N[C@@H]2COC[C@H]1CN(Cc1cnc(N3CCCCC3)nc1)C2. The molecule has 0 spiro atoms. The van der Waals surface area contributed by atoms with Crippen LogP contribution in [0, 0.1) is 5.92 Å². The first-order chi connectivity index (χ1) is 11.8. The summed E-state index contributed by atoms with van der Waals surface area (Å²) in [4.78, 5) is 25.8. The molecule has 7 nitrogen and oxygen atoms in total. The van der Waals surface area contributed by atoms with E-state index in [1.54, 1.807) is 0 Å². The third-order valence-corrected chi connectivity index (χ3v) is 5.05. The summed E-state index contributed by atoms with van der Waals surface area (Å²) in [7, 11) is 0. The monoisotopic (exact) mass is 331 g/mol. The van der Waals surface area contributed by atoms with Gasteiger partial charge >= 0.3 is 0 Å². The van der Waals surface area contributed by atoms with Crippen molar-refractivity contribution in [2.75, 3.05) is 44.3 Å². The average Bonchev–Trinajstić information content (AvgIpc) is 2.85. The third kappa shape index (κ3) is 3.52. The second kappa shape index (κ2) is 7.03. The second-order valence-corrected chi connectivity index (χ2v) is 7.07. The molecule has 0 unspecified atom stereocenters. The molecule has 3 aliphatic heterocycles. The van der Waals surface area contributed by atoms with Crippen LogP contribution in [0.2, 0.25) is 0 Å². The summed E-state index contributed by atoms with van der Waals surface area (Å²) < 4.78 is 5.57. The minimum atomic E-state index is -0.0777. The lowest BCUT2D eigenvalue weighted by atomic mass is 10.1. The number of ether oxygens (including phenoxy) is 1. The van der Waals surface area contributed by atoms with Crippen molar-refractivity contribution in [3.63, 3.8) is 0 Å². The summed E-state index contributed by atoms with van der Waals surface area (Å²) in [5.41, 5.74) is 1.10. The van der Waals surface area contributed by atoms with Gasteiger partial charge in [-0.1, -0.05) is 0 Å². The zero-order valence-electron chi connectivity index (χ0n) is 14.0. The van der Waals surface area contributed by atoms with Crippen molar-refractivity contribution in [2.45, 2.75) is 31.8 Å². The fourth-order valence-electron chi connectivity index (χ4n) is 3.79. The van der Waals surface area contributed by atoms with Crippen LogP contribution in [0.1, 0.15) is 24.8 Å². The fraction of sp³-hybridized carbons (Fsp3) is 0.706. The van der Waals surface area contributed by atoms with E-state index in [2.05, 4.69) is 25.1 Å². The first-order valence-electron chi connectivity index (χ1n) is 8.94. The molecule has 2 atom stereocenters. The van der Waals surface area contributed by atoms with Gasteiger partial charge in [0, 0.05) is 50.7 Å². The molecule has 1 amide bonds. The lowest BCUT2D eigenvalue weighted by Gasteiger charge is -2.28. The van der Waals surface area contributed by atoms with Crippen molar-refractivity contribution in [1.29, 1.82) is 0 Å². The normalized spacial score (nSPS) is 28.3. The lowest BCUT2D eigenvalue weighted by Crippen LogP contribution is -2.41. The van der Waals surface area contributed by atoms with Crippen LogP contribution in [0.25, 0.3) is 0 Å². The Labute approximate surface area is 142 Å². The Balaban J connectivity index is 1.40. The number of carbonyl (C=O) groups excluding carboxylic acids is 1. The Morgan fingerprint density at radius 3 is 2.71 bits per heavy atom. The summed E-state index contributed by atoms with van der Waals surface area (Å²) in [6.45, 7) is 5.56. The van der Waals surface area contributed by atoms with E-state index < -0.39 is 0 Å². The Kier molecular flexibility index (Phi) is 4.62. The van der Waals surface area contributed by atoms with E-state index in [0.29, 0.717) is 13.2 Å². The number of nitrogens with one attached hydrogen (secondary N) is 1. The second-order valence-electron chi connectivity index (χ2n) is 7.07. The number of anilines is 1. The number of hydrogen-bond donors (Lipinski definition) is 1. The summed E-state index contributed by atoms with van der Waals surface area (Å²) in [5.74, 6) is 0.888. The van der Waals surface area contributed by atoms with E-state index in [-0.39, 0.29) is 17.9 Å². The van der Waals surface area contributed by atoms with Crippen LogP contribution >= 0.6 is 0 Å².